The molecule has 0 radical (unpaired) electrons. The molecule has 4 N–H and O–H groups in total. The van der Waals surface area contributed by atoms with Crippen LogP contribution >= 0.6 is 0 Å². The van der Waals surface area contributed by atoms with E-state index in [-0.39, 0.29) is 5.92 Å². The van der Waals surface area contributed by atoms with Crippen LogP contribution in [0.5, 0.6) is 0 Å². The van der Waals surface area contributed by atoms with Crippen LogP contribution in [0.15, 0.2) is 18.2 Å². The molecule has 0 saturated carbocycles. The minimum absolute atomic E-state index is 0.0267. The van der Waals surface area contributed by atoms with Gasteiger partial charge in [-0.25, -0.2) is 0 Å². The molecule has 5 nitrogen and oxygen atoms in total. The summed E-state index contributed by atoms with van der Waals surface area (Å²) >= 11 is 0. The number of carbonyl (C=O) groups is 1. The van der Waals surface area contributed by atoms with E-state index in [0.29, 0.717) is 24.3 Å². The Morgan fingerprint density at radius 2 is 2.22 bits per heavy atom. The molecule has 0 aliphatic heterocycles. The molecule has 0 aliphatic rings. The summed E-state index contributed by atoms with van der Waals surface area (Å²) in [5, 5.41) is 8.75. The Kier molecular flexibility index (Phi) is 4.69. The van der Waals surface area contributed by atoms with Gasteiger partial charge in [0.05, 0.1) is 12.0 Å². The number of amides is 1. The summed E-state index contributed by atoms with van der Waals surface area (Å²) in [6, 6.07) is 7.23. The standard InChI is InChI=1S/C13H18N4O/c1-9(6-14)7-17(2)8-11-4-3-10(13(16)18)5-12(11)15/h3-5,9H,7-8,15H2,1-2H3,(H2,16,18). The first-order chi connectivity index (χ1) is 8.43. The second-order valence-corrected chi connectivity index (χ2v) is 4.50. The van der Waals surface area contributed by atoms with Gasteiger partial charge in [-0.3, -0.25) is 4.79 Å². The van der Waals surface area contributed by atoms with Crippen molar-refractivity contribution in [2.45, 2.75) is 13.5 Å². The van der Waals surface area contributed by atoms with Gasteiger partial charge in [0.1, 0.15) is 0 Å². The van der Waals surface area contributed by atoms with Crippen LogP contribution < -0.4 is 11.5 Å². The largest absolute Gasteiger partial charge is 0.398 e. The number of nitriles is 1. The van der Waals surface area contributed by atoms with Gasteiger partial charge in [-0.2, -0.15) is 5.26 Å². The van der Waals surface area contributed by atoms with Crippen molar-refractivity contribution in [3.63, 3.8) is 0 Å². The Bertz CT molecular complexity index is 478. The van der Waals surface area contributed by atoms with Crippen molar-refractivity contribution in [2.24, 2.45) is 11.7 Å². The molecular formula is C13H18N4O. The minimum Gasteiger partial charge on any atom is -0.398 e. The second-order valence-electron chi connectivity index (χ2n) is 4.50. The summed E-state index contributed by atoms with van der Waals surface area (Å²) in [5.74, 6) is -0.513. The molecule has 0 saturated heterocycles. The number of rotatable bonds is 5. The van der Waals surface area contributed by atoms with Crippen LogP contribution in [-0.4, -0.2) is 24.4 Å². The van der Waals surface area contributed by atoms with Crippen molar-refractivity contribution in [2.75, 3.05) is 19.3 Å². The fourth-order valence-corrected chi connectivity index (χ4v) is 1.76. The normalized spacial score (nSPS) is 12.1. The van der Waals surface area contributed by atoms with Crippen molar-refractivity contribution in [1.82, 2.24) is 4.90 Å². The molecule has 0 aliphatic carbocycles. The zero-order valence-electron chi connectivity index (χ0n) is 10.7. The smallest absolute Gasteiger partial charge is 0.248 e. The van der Waals surface area contributed by atoms with Crippen molar-refractivity contribution >= 4 is 11.6 Å². The predicted octanol–water partition coefficient (Wildman–Crippen LogP) is 0.959. The lowest BCUT2D eigenvalue weighted by Crippen LogP contribution is -2.24. The fraction of sp³-hybridized carbons (Fsp3) is 0.385. The molecule has 1 rings (SSSR count). The van der Waals surface area contributed by atoms with Gasteiger partial charge in [0, 0.05) is 24.3 Å². The van der Waals surface area contributed by atoms with Crippen molar-refractivity contribution < 1.29 is 4.79 Å². The van der Waals surface area contributed by atoms with Crippen LogP contribution in [-0.2, 0) is 6.54 Å². The van der Waals surface area contributed by atoms with Crippen LogP contribution in [0.3, 0.4) is 0 Å². The van der Waals surface area contributed by atoms with Gasteiger partial charge in [-0.05, 0) is 31.7 Å². The number of nitrogen functional groups attached to an aromatic ring is 1. The van der Waals surface area contributed by atoms with Crippen LogP contribution in [0.25, 0.3) is 0 Å². The van der Waals surface area contributed by atoms with Crippen LogP contribution in [0.4, 0.5) is 5.69 Å². The van der Waals surface area contributed by atoms with E-state index in [0.717, 1.165) is 5.56 Å². The highest BCUT2D eigenvalue weighted by Gasteiger charge is 2.09. The van der Waals surface area contributed by atoms with E-state index in [2.05, 4.69) is 6.07 Å². The maximum atomic E-state index is 11.0. The number of carbonyl (C=O) groups excluding carboxylic acids is 1. The number of hydrogen-bond donors (Lipinski definition) is 2. The quantitative estimate of drug-likeness (QED) is 0.756. The molecule has 1 aromatic rings. The first kappa shape index (κ1) is 14.0. The summed E-state index contributed by atoms with van der Waals surface area (Å²) in [6.07, 6.45) is 0. The summed E-state index contributed by atoms with van der Waals surface area (Å²) in [5.41, 5.74) is 12.9. The molecule has 96 valence electrons. The maximum absolute atomic E-state index is 11.0. The zero-order valence-corrected chi connectivity index (χ0v) is 10.7. The SMILES string of the molecule is CC(C#N)CN(C)Cc1ccc(C(N)=O)cc1N. The highest BCUT2D eigenvalue weighted by molar-refractivity contribution is 5.93. The average Bonchev–Trinajstić information content (AvgIpc) is 2.31. The van der Waals surface area contributed by atoms with Gasteiger partial charge in [-0.15, -0.1) is 0 Å². The third-order valence-corrected chi connectivity index (χ3v) is 2.68. The lowest BCUT2D eigenvalue weighted by Gasteiger charge is -2.19. The molecule has 5 heteroatoms. The molecule has 0 bridgehead atoms. The van der Waals surface area contributed by atoms with E-state index in [1.165, 1.54) is 0 Å². The van der Waals surface area contributed by atoms with Crippen molar-refractivity contribution in [3.8, 4) is 6.07 Å². The lowest BCUT2D eigenvalue weighted by molar-refractivity contribution is 0.100. The minimum atomic E-state index is -0.486. The first-order valence-corrected chi connectivity index (χ1v) is 5.70. The third kappa shape index (κ3) is 3.75. The van der Waals surface area contributed by atoms with E-state index in [1.807, 2.05) is 18.9 Å². The number of benzene rings is 1. The molecule has 0 heterocycles. The van der Waals surface area contributed by atoms with Crippen LogP contribution in [0.2, 0.25) is 0 Å². The van der Waals surface area contributed by atoms with E-state index >= 15 is 0 Å². The zero-order chi connectivity index (χ0) is 13.7. The van der Waals surface area contributed by atoms with Crippen LogP contribution in [0.1, 0.15) is 22.8 Å². The summed E-state index contributed by atoms with van der Waals surface area (Å²) < 4.78 is 0. The summed E-state index contributed by atoms with van der Waals surface area (Å²) in [7, 11) is 1.93. The number of primary amides is 1. The summed E-state index contributed by atoms with van der Waals surface area (Å²) in [6.45, 7) is 3.18. The fourth-order valence-electron chi connectivity index (χ4n) is 1.76. The number of anilines is 1. The Labute approximate surface area is 107 Å². The van der Waals surface area contributed by atoms with E-state index in [1.54, 1.807) is 18.2 Å². The van der Waals surface area contributed by atoms with Gasteiger partial charge in [0.25, 0.3) is 0 Å². The lowest BCUT2D eigenvalue weighted by atomic mass is 10.1. The topological polar surface area (TPSA) is 96.1 Å². The number of hydrogen-bond acceptors (Lipinski definition) is 4. The molecule has 18 heavy (non-hydrogen) atoms. The highest BCUT2D eigenvalue weighted by atomic mass is 16.1. The van der Waals surface area contributed by atoms with Gasteiger partial charge < -0.3 is 16.4 Å². The first-order valence-electron chi connectivity index (χ1n) is 5.70. The number of nitrogens with two attached hydrogens (primary N) is 2. The van der Waals surface area contributed by atoms with E-state index in [9.17, 15) is 4.79 Å². The van der Waals surface area contributed by atoms with Gasteiger partial charge in [-0.1, -0.05) is 6.07 Å². The molecule has 1 aromatic carbocycles. The van der Waals surface area contributed by atoms with Gasteiger partial charge >= 0.3 is 0 Å². The molecule has 0 spiro atoms. The van der Waals surface area contributed by atoms with Gasteiger partial charge in [0.2, 0.25) is 5.91 Å². The van der Waals surface area contributed by atoms with E-state index in [4.69, 9.17) is 16.7 Å². The molecular weight excluding hydrogens is 228 g/mol. The molecule has 0 aromatic heterocycles. The molecule has 0 fully saturated rings. The average molecular weight is 246 g/mol. The maximum Gasteiger partial charge on any atom is 0.248 e. The Hall–Kier alpha value is -2.06. The Morgan fingerprint density at radius 3 is 2.72 bits per heavy atom. The van der Waals surface area contributed by atoms with Crippen molar-refractivity contribution in [3.05, 3.63) is 29.3 Å². The van der Waals surface area contributed by atoms with E-state index < -0.39 is 5.91 Å². The predicted molar refractivity (Wildman–Crippen MR) is 70.5 cm³/mol. The highest BCUT2D eigenvalue weighted by Crippen LogP contribution is 2.16. The Balaban J connectivity index is 2.74. The second kappa shape index (κ2) is 6.03. The molecule has 1 unspecified atom stereocenters. The molecule has 1 amide bonds. The molecule has 1 atom stereocenters. The third-order valence-electron chi connectivity index (χ3n) is 2.68. The number of nitrogens with zero attached hydrogens (tertiary/aromatic N) is 2. The van der Waals surface area contributed by atoms with Crippen molar-refractivity contribution in [1.29, 1.82) is 5.26 Å². The monoisotopic (exact) mass is 246 g/mol. The summed E-state index contributed by atoms with van der Waals surface area (Å²) in [4.78, 5) is 13.0. The Morgan fingerprint density at radius 1 is 1.56 bits per heavy atom. The van der Waals surface area contributed by atoms with Gasteiger partial charge in [0.15, 0.2) is 0 Å². The van der Waals surface area contributed by atoms with Crippen LogP contribution in [0, 0.1) is 17.2 Å².